The van der Waals surface area contributed by atoms with E-state index < -0.39 is 13.5 Å². The monoisotopic (exact) mass is 728 g/mol. The molecule has 3 aliphatic heterocycles. The maximum absolute atomic E-state index is 13.6. The minimum Gasteiger partial charge on any atom is -0.488 e. The number of nitrogens with zero attached hydrogens (tertiary/aromatic N) is 7. The highest BCUT2D eigenvalue weighted by Gasteiger charge is 2.33. The smallest absolute Gasteiger partial charge is 0.229 e. The van der Waals surface area contributed by atoms with Crippen molar-refractivity contribution in [1.29, 1.82) is 0 Å². The number of piperazine rings is 1. The second-order valence-corrected chi connectivity index (χ2v) is 17.7. The number of hydrogen-bond donors (Lipinski definition) is 3. The van der Waals surface area contributed by atoms with Crippen molar-refractivity contribution < 1.29 is 9.30 Å². The molecule has 268 valence electrons. The molecule has 3 fully saturated rings. The van der Waals surface area contributed by atoms with E-state index in [2.05, 4.69) is 54.2 Å². The number of ether oxygens (including phenoxy) is 1. The van der Waals surface area contributed by atoms with Crippen LogP contribution in [0.4, 0.5) is 28.8 Å². The summed E-state index contributed by atoms with van der Waals surface area (Å²) in [7, 11) is -0.795. The normalized spacial score (nSPS) is 20.0. The first kappa shape index (κ1) is 34.0. The lowest BCUT2D eigenvalue weighted by Gasteiger charge is -2.41. The lowest BCUT2D eigenvalue weighted by molar-refractivity contribution is 0.150. The first-order valence-electron chi connectivity index (χ1n) is 17.9. The number of aryl methyl sites for hydroxylation is 1. The molecule has 14 heteroatoms. The Balaban J connectivity index is 1.10. The van der Waals surface area contributed by atoms with Crippen LogP contribution in [0.15, 0.2) is 61.1 Å². The van der Waals surface area contributed by atoms with Gasteiger partial charge in [0.25, 0.3) is 0 Å². The lowest BCUT2D eigenvalue weighted by Crippen LogP contribution is -2.52. The Morgan fingerprint density at radius 1 is 1.00 bits per heavy atom. The van der Waals surface area contributed by atoms with Crippen molar-refractivity contribution in [1.82, 2.24) is 30.0 Å². The number of halogens is 1. The van der Waals surface area contributed by atoms with Crippen molar-refractivity contribution in [2.75, 3.05) is 72.8 Å². The van der Waals surface area contributed by atoms with E-state index in [1.807, 2.05) is 59.0 Å². The van der Waals surface area contributed by atoms with E-state index in [1.165, 1.54) is 0 Å². The van der Waals surface area contributed by atoms with Gasteiger partial charge in [-0.25, -0.2) is 4.98 Å². The molecular formula is C37H46ClN10O2P. The third-order valence-corrected chi connectivity index (χ3v) is 11.9. The first-order valence-corrected chi connectivity index (χ1v) is 20.8. The third kappa shape index (κ3) is 7.46. The van der Waals surface area contributed by atoms with Crippen LogP contribution in [0.1, 0.15) is 31.2 Å². The molecule has 0 spiro atoms. The molecule has 1 saturated carbocycles. The minimum absolute atomic E-state index is 0.190. The molecule has 3 N–H and O–H groups in total. The van der Waals surface area contributed by atoms with Crippen LogP contribution in [0.3, 0.4) is 0 Å². The number of fused-ring (bicyclic) bond motifs is 1. The molecule has 0 amide bonds. The lowest BCUT2D eigenvalue weighted by atomic mass is 9.98. The topological polar surface area (TPSA) is 116 Å². The first-order chi connectivity index (χ1) is 24.7. The largest absolute Gasteiger partial charge is 0.488 e. The Morgan fingerprint density at radius 2 is 1.78 bits per heavy atom. The van der Waals surface area contributed by atoms with Crippen molar-refractivity contribution >= 4 is 53.8 Å². The fourth-order valence-corrected chi connectivity index (χ4v) is 9.00. The molecule has 8 rings (SSSR count). The summed E-state index contributed by atoms with van der Waals surface area (Å²) in [5, 5.41) is 15.3. The SMILES string of the molecule is Cn1cc(-c2cc(Nc3ncc(Cl)c(NC4C=Cc5ccccc5N4P(C)(C)=O)n3)c(OC3CC3)cc2N2CCC(N3CCNCC3)CC2)cn1. The van der Waals surface area contributed by atoms with Crippen LogP contribution in [0.25, 0.3) is 17.2 Å². The van der Waals surface area contributed by atoms with E-state index in [4.69, 9.17) is 21.3 Å². The zero-order valence-corrected chi connectivity index (χ0v) is 31.1. The van der Waals surface area contributed by atoms with Gasteiger partial charge in [-0.2, -0.15) is 10.1 Å². The Bertz CT molecular complexity index is 1960. The molecule has 51 heavy (non-hydrogen) atoms. The fraction of sp³-hybridized carbons (Fsp3) is 0.432. The molecule has 2 aromatic carbocycles. The van der Waals surface area contributed by atoms with E-state index >= 15 is 0 Å². The maximum Gasteiger partial charge on any atom is 0.229 e. The van der Waals surface area contributed by atoms with Crippen molar-refractivity contribution in [3.05, 3.63) is 71.7 Å². The highest BCUT2D eigenvalue weighted by molar-refractivity contribution is 7.64. The molecule has 0 bridgehead atoms. The number of anilines is 5. The van der Waals surface area contributed by atoms with Crippen molar-refractivity contribution in [2.45, 2.75) is 44.0 Å². The van der Waals surface area contributed by atoms with Crippen LogP contribution in [-0.4, -0.2) is 95.6 Å². The molecule has 1 atom stereocenters. The molecular weight excluding hydrogens is 683 g/mol. The van der Waals surface area contributed by atoms with Gasteiger partial charge in [-0.3, -0.25) is 14.3 Å². The molecule has 2 aromatic heterocycles. The van der Waals surface area contributed by atoms with Gasteiger partial charge in [-0.1, -0.05) is 35.9 Å². The summed E-state index contributed by atoms with van der Waals surface area (Å²) in [4.78, 5) is 14.6. The number of rotatable bonds is 10. The summed E-state index contributed by atoms with van der Waals surface area (Å²) in [5.74, 6) is 1.57. The number of hydrogen-bond acceptors (Lipinski definition) is 10. The standard InChI is InChI=1S/C37H46ClN10O2P/c1-45-24-26(22-41-45)29-20-31(34(50-28-9-10-28)21-33(29)47-16-12-27(13-17-47)46-18-14-39-15-19-46)42-37-40-23-30(38)36(44-37)43-35-11-8-25-6-4-5-7-32(25)48(35)51(2,3)49/h4-8,11,20-24,27-28,35,39H,9-10,12-19H2,1-3H3,(H2,40,42,43,44). The molecule has 4 aromatic rings. The summed E-state index contributed by atoms with van der Waals surface area (Å²) >= 11 is 6.69. The molecule has 2 saturated heterocycles. The molecule has 4 aliphatic rings. The van der Waals surface area contributed by atoms with Crippen LogP contribution in [0, 0.1) is 0 Å². The van der Waals surface area contributed by atoms with Gasteiger partial charge in [-0.15, -0.1) is 0 Å². The third-order valence-electron chi connectivity index (χ3n) is 10.1. The predicted molar refractivity (Wildman–Crippen MR) is 207 cm³/mol. The van der Waals surface area contributed by atoms with E-state index in [0.29, 0.717) is 22.8 Å². The fourth-order valence-electron chi connectivity index (χ4n) is 7.42. The van der Waals surface area contributed by atoms with E-state index in [9.17, 15) is 4.57 Å². The van der Waals surface area contributed by atoms with Crippen molar-refractivity contribution in [2.24, 2.45) is 7.05 Å². The predicted octanol–water partition coefficient (Wildman–Crippen LogP) is 6.50. The molecule has 0 radical (unpaired) electrons. The van der Waals surface area contributed by atoms with Gasteiger partial charge in [0.2, 0.25) is 5.95 Å². The second-order valence-electron chi connectivity index (χ2n) is 14.3. The Labute approximate surface area is 304 Å². The number of benzene rings is 2. The van der Waals surface area contributed by atoms with Gasteiger partial charge in [0, 0.05) is 94.8 Å². The molecule has 1 aliphatic carbocycles. The highest BCUT2D eigenvalue weighted by atomic mass is 35.5. The van der Waals surface area contributed by atoms with Crippen molar-refractivity contribution in [3.8, 4) is 16.9 Å². The van der Waals surface area contributed by atoms with E-state index in [0.717, 1.165) is 104 Å². The zero-order valence-electron chi connectivity index (χ0n) is 29.4. The zero-order chi connectivity index (χ0) is 35.1. The van der Waals surface area contributed by atoms with Gasteiger partial charge in [0.05, 0.1) is 29.9 Å². The van der Waals surface area contributed by atoms with Crippen LogP contribution < -0.4 is 30.3 Å². The summed E-state index contributed by atoms with van der Waals surface area (Å²) < 4.78 is 23.9. The average Bonchev–Trinajstić information content (AvgIpc) is 3.85. The molecule has 1 unspecified atom stereocenters. The number of aromatic nitrogens is 4. The van der Waals surface area contributed by atoms with E-state index in [-0.39, 0.29) is 6.10 Å². The Morgan fingerprint density at radius 3 is 2.51 bits per heavy atom. The van der Waals surface area contributed by atoms with Gasteiger partial charge < -0.3 is 30.2 Å². The van der Waals surface area contributed by atoms with Crippen LogP contribution >= 0.6 is 18.9 Å². The van der Waals surface area contributed by atoms with Crippen LogP contribution in [0.2, 0.25) is 5.02 Å². The summed E-state index contributed by atoms with van der Waals surface area (Å²) in [6, 6.07) is 12.9. The summed E-state index contributed by atoms with van der Waals surface area (Å²) in [6.45, 7) is 9.88. The molecule has 12 nitrogen and oxygen atoms in total. The second kappa shape index (κ2) is 14.1. The summed E-state index contributed by atoms with van der Waals surface area (Å²) in [5.41, 5.74) is 5.93. The average molecular weight is 729 g/mol. The van der Waals surface area contributed by atoms with Crippen molar-refractivity contribution in [3.63, 3.8) is 0 Å². The number of piperidine rings is 1. The van der Waals surface area contributed by atoms with E-state index in [1.54, 1.807) is 19.5 Å². The Hall–Kier alpha value is -4.09. The van der Waals surface area contributed by atoms with Gasteiger partial charge in [0.1, 0.15) is 16.9 Å². The van der Waals surface area contributed by atoms with Gasteiger partial charge in [-0.05, 0) is 49.5 Å². The minimum atomic E-state index is -2.74. The maximum atomic E-state index is 13.6. The quantitative estimate of drug-likeness (QED) is 0.156. The number of para-hydroxylation sites is 1. The van der Waals surface area contributed by atoms with Gasteiger partial charge in [0.15, 0.2) is 13.1 Å². The van der Waals surface area contributed by atoms with Gasteiger partial charge >= 0.3 is 0 Å². The van der Waals surface area contributed by atoms with Crippen LogP contribution in [-0.2, 0) is 11.6 Å². The summed E-state index contributed by atoms with van der Waals surface area (Å²) in [6.07, 6.45) is 13.7. The Kier molecular flexibility index (Phi) is 9.44. The number of nitrogens with one attached hydrogen (secondary N) is 3. The van der Waals surface area contributed by atoms with Crippen LogP contribution in [0.5, 0.6) is 5.75 Å². The molecule has 5 heterocycles. The highest BCUT2D eigenvalue weighted by Crippen LogP contribution is 2.50.